The maximum Gasteiger partial charge on any atom is 0.303 e. The maximum absolute atomic E-state index is 12.1. The van der Waals surface area contributed by atoms with Crippen molar-refractivity contribution >= 4 is 29.8 Å². The monoisotopic (exact) mass is 596 g/mol. The molecule has 0 bridgehead atoms. The molecule has 3 N–H and O–H groups in total. The summed E-state index contributed by atoms with van der Waals surface area (Å²) in [7, 11) is 0. The minimum absolute atomic E-state index is 0.0371. The number of halogens is 1. The number of aliphatic hydroxyl groups is 1. The number of esters is 1. The van der Waals surface area contributed by atoms with Crippen LogP contribution in [0, 0.1) is 5.92 Å². The first-order chi connectivity index (χ1) is 19.4. The van der Waals surface area contributed by atoms with Gasteiger partial charge in [0, 0.05) is 44.5 Å². The number of ether oxygens (including phenoxy) is 3. The Kier molecular flexibility index (Phi) is 14.7. The molecule has 2 saturated heterocycles. The number of allylic oxidation sites excluding steroid dienone is 2. The molecule has 41 heavy (non-hydrogen) atoms. The van der Waals surface area contributed by atoms with Crippen LogP contribution in [-0.2, 0) is 28.6 Å². The highest BCUT2D eigenvalue weighted by molar-refractivity contribution is 6.18. The number of carbonyl (C=O) groups excluding carboxylic acids is 3. The van der Waals surface area contributed by atoms with Gasteiger partial charge in [0.2, 0.25) is 5.91 Å². The molecule has 2 aliphatic rings. The Bertz CT molecular complexity index is 968. The molecule has 0 aliphatic carbocycles. The van der Waals surface area contributed by atoms with Gasteiger partial charge < -0.3 is 30.0 Å². The normalized spacial score (nSPS) is 32.0. The largest absolute Gasteiger partial charge is 0.459 e. The van der Waals surface area contributed by atoms with Crippen LogP contribution >= 0.6 is 11.6 Å². The average Bonchev–Trinajstić information content (AvgIpc) is 2.89. The molecule has 0 saturated carbocycles. The summed E-state index contributed by atoms with van der Waals surface area (Å²) >= 11 is 6.07. The topological polar surface area (TPSA) is 123 Å². The Labute approximate surface area is 250 Å². The summed E-state index contributed by atoms with van der Waals surface area (Å²) in [6, 6.07) is 0.0927. The molecule has 2 aliphatic heterocycles. The molecule has 0 aromatic heterocycles. The highest BCUT2D eigenvalue weighted by Crippen LogP contribution is 2.32. The molecular weight excluding hydrogens is 548 g/mol. The Morgan fingerprint density at radius 2 is 1.95 bits per heavy atom. The summed E-state index contributed by atoms with van der Waals surface area (Å²) in [6.45, 7) is 12.1. The van der Waals surface area contributed by atoms with Crippen LogP contribution in [0.2, 0.25) is 0 Å². The number of amides is 1. The van der Waals surface area contributed by atoms with Gasteiger partial charge >= 0.3 is 5.97 Å². The van der Waals surface area contributed by atoms with Crippen LogP contribution in [0.15, 0.2) is 35.5 Å². The van der Waals surface area contributed by atoms with E-state index in [0.29, 0.717) is 37.4 Å². The van der Waals surface area contributed by atoms with Gasteiger partial charge in [-0.1, -0.05) is 30.7 Å². The molecule has 0 spiro atoms. The van der Waals surface area contributed by atoms with Crippen molar-refractivity contribution in [2.24, 2.45) is 5.92 Å². The number of hydrogen-bond acceptors (Lipinski definition) is 8. The van der Waals surface area contributed by atoms with Crippen LogP contribution in [0.5, 0.6) is 0 Å². The standard InChI is InChI=1S/C31H49ClN2O7/c1-7-33-30(37)14-27-16-31(38,19-32)15-26(41-27)10-8-20(2)9-11-29-21(3)12-28(23(5)40-29)34-17-25(18-35)13-22(4)39-24(6)36/h8-10,13,18,21-23,26-29,34,38H,7,11-12,14-17,19H2,1-6H3,(H,33,37). The van der Waals surface area contributed by atoms with E-state index in [2.05, 4.69) is 23.6 Å². The predicted octanol–water partition coefficient (Wildman–Crippen LogP) is 3.77. The van der Waals surface area contributed by atoms with Gasteiger partial charge in [-0.05, 0) is 52.5 Å². The quantitative estimate of drug-likeness (QED) is 0.0910. The molecule has 0 aromatic carbocycles. The minimum atomic E-state index is -1.07. The Morgan fingerprint density at radius 1 is 1.22 bits per heavy atom. The molecule has 0 aromatic rings. The minimum Gasteiger partial charge on any atom is -0.459 e. The third kappa shape index (κ3) is 12.4. The van der Waals surface area contributed by atoms with E-state index in [1.54, 1.807) is 13.0 Å². The van der Waals surface area contributed by atoms with Crippen molar-refractivity contribution in [3.8, 4) is 0 Å². The van der Waals surface area contributed by atoms with Crippen LogP contribution in [0.4, 0.5) is 0 Å². The molecule has 1 amide bonds. The van der Waals surface area contributed by atoms with Gasteiger partial charge in [0.1, 0.15) is 12.4 Å². The third-order valence-corrected chi connectivity index (χ3v) is 8.07. The lowest BCUT2D eigenvalue weighted by Gasteiger charge is -2.39. The molecule has 2 fully saturated rings. The second kappa shape index (κ2) is 17.2. The molecule has 2 rings (SSSR count). The highest BCUT2D eigenvalue weighted by Gasteiger charge is 2.39. The zero-order chi connectivity index (χ0) is 30.6. The zero-order valence-corrected chi connectivity index (χ0v) is 26.1. The first-order valence-electron chi connectivity index (χ1n) is 14.6. The lowest BCUT2D eigenvalue weighted by atomic mass is 9.87. The molecule has 8 atom stereocenters. The van der Waals surface area contributed by atoms with Gasteiger partial charge in [-0.15, -0.1) is 11.6 Å². The second-order valence-corrected chi connectivity index (χ2v) is 11.8. The highest BCUT2D eigenvalue weighted by atomic mass is 35.5. The molecule has 0 radical (unpaired) electrons. The van der Waals surface area contributed by atoms with Crippen molar-refractivity contribution in [2.45, 2.75) is 116 Å². The van der Waals surface area contributed by atoms with Gasteiger partial charge in [-0.25, -0.2) is 0 Å². The van der Waals surface area contributed by atoms with E-state index in [1.807, 2.05) is 32.9 Å². The van der Waals surface area contributed by atoms with Crippen molar-refractivity contribution in [3.05, 3.63) is 35.5 Å². The number of alkyl halides is 1. The molecule has 9 nitrogen and oxygen atoms in total. The summed E-state index contributed by atoms with van der Waals surface area (Å²) in [5.74, 6) is -0.0932. The van der Waals surface area contributed by atoms with E-state index in [1.165, 1.54) is 6.92 Å². The Morgan fingerprint density at radius 3 is 2.59 bits per heavy atom. The summed E-state index contributed by atoms with van der Waals surface area (Å²) in [5, 5.41) is 17.1. The van der Waals surface area contributed by atoms with Crippen LogP contribution in [0.1, 0.15) is 73.6 Å². The van der Waals surface area contributed by atoms with Crippen molar-refractivity contribution in [1.29, 1.82) is 0 Å². The number of nitrogens with one attached hydrogen (secondary N) is 2. The number of rotatable bonds is 14. The summed E-state index contributed by atoms with van der Waals surface area (Å²) in [4.78, 5) is 34.7. The fraction of sp³-hybridized carbons (Fsp3) is 0.710. The van der Waals surface area contributed by atoms with E-state index in [0.717, 1.165) is 24.7 Å². The van der Waals surface area contributed by atoms with Gasteiger partial charge in [0.15, 0.2) is 0 Å². The van der Waals surface area contributed by atoms with Crippen LogP contribution < -0.4 is 10.6 Å². The van der Waals surface area contributed by atoms with Gasteiger partial charge in [-0.3, -0.25) is 14.4 Å². The molecule has 10 heteroatoms. The first-order valence-corrected chi connectivity index (χ1v) is 15.2. The zero-order valence-electron chi connectivity index (χ0n) is 25.4. The van der Waals surface area contributed by atoms with Crippen molar-refractivity contribution < 1.29 is 33.7 Å². The maximum atomic E-state index is 12.1. The smallest absolute Gasteiger partial charge is 0.303 e. The fourth-order valence-corrected chi connectivity index (χ4v) is 5.66. The van der Waals surface area contributed by atoms with Crippen LogP contribution in [0.3, 0.4) is 0 Å². The summed E-state index contributed by atoms with van der Waals surface area (Å²) in [6.07, 6.45) is 9.88. The van der Waals surface area contributed by atoms with Crippen LogP contribution in [-0.4, -0.2) is 84.4 Å². The average molecular weight is 597 g/mol. The second-order valence-electron chi connectivity index (χ2n) is 11.5. The number of aldehydes is 1. The predicted molar refractivity (Wildman–Crippen MR) is 160 cm³/mol. The van der Waals surface area contributed by atoms with E-state index in [-0.39, 0.29) is 48.5 Å². The summed E-state index contributed by atoms with van der Waals surface area (Å²) in [5.41, 5.74) is 0.520. The van der Waals surface area contributed by atoms with Crippen LogP contribution in [0.25, 0.3) is 0 Å². The number of carbonyl (C=O) groups is 3. The summed E-state index contributed by atoms with van der Waals surface area (Å²) < 4.78 is 17.5. The first kappa shape index (κ1) is 35.2. The molecule has 8 unspecified atom stereocenters. The van der Waals surface area contributed by atoms with E-state index in [4.69, 9.17) is 25.8 Å². The van der Waals surface area contributed by atoms with Gasteiger partial charge in [0.05, 0.1) is 42.3 Å². The van der Waals surface area contributed by atoms with Crippen molar-refractivity contribution in [1.82, 2.24) is 10.6 Å². The van der Waals surface area contributed by atoms with Crippen molar-refractivity contribution in [2.75, 3.05) is 19.0 Å². The lowest BCUT2D eigenvalue weighted by molar-refractivity contribution is -0.143. The van der Waals surface area contributed by atoms with E-state index < -0.39 is 17.8 Å². The third-order valence-electron chi connectivity index (χ3n) is 7.57. The fourth-order valence-electron chi connectivity index (χ4n) is 5.45. The van der Waals surface area contributed by atoms with E-state index in [9.17, 15) is 19.5 Å². The molecular formula is C31H49ClN2O7. The Hall–Kier alpha value is -2.04. The van der Waals surface area contributed by atoms with E-state index >= 15 is 0 Å². The SMILES string of the molecule is CCNC(=O)CC1CC(O)(CCl)CC(C=CC(C)=CCC2OC(C)C(NCC(C=O)=CC(C)OC(C)=O)CC2C)O1. The van der Waals surface area contributed by atoms with Gasteiger partial charge in [-0.2, -0.15) is 0 Å². The molecule has 232 valence electrons. The van der Waals surface area contributed by atoms with Crippen molar-refractivity contribution in [3.63, 3.8) is 0 Å². The molecule has 2 heterocycles. The Balaban J connectivity index is 1.90. The number of hydrogen-bond donors (Lipinski definition) is 3. The van der Waals surface area contributed by atoms with Gasteiger partial charge in [0.25, 0.3) is 0 Å². The lowest BCUT2D eigenvalue weighted by Crippen LogP contribution is -2.49.